The van der Waals surface area contributed by atoms with Gasteiger partial charge >= 0.3 is 0 Å². The van der Waals surface area contributed by atoms with E-state index in [-0.39, 0.29) is 18.2 Å². The summed E-state index contributed by atoms with van der Waals surface area (Å²) in [5.74, 6) is -0.00925. The zero-order chi connectivity index (χ0) is 20.2. The van der Waals surface area contributed by atoms with Gasteiger partial charge in [0.1, 0.15) is 0 Å². The number of thiazole rings is 1. The highest BCUT2D eigenvalue weighted by Crippen LogP contribution is 2.18. The zero-order valence-corrected chi connectivity index (χ0v) is 17.4. The minimum Gasteiger partial charge on any atom is -0.368 e. The van der Waals surface area contributed by atoms with Crippen LogP contribution in [0.1, 0.15) is 10.7 Å². The molecule has 7 nitrogen and oxygen atoms in total. The van der Waals surface area contributed by atoms with Crippen LogP contribution in [0.5, 0.6) is 0 Å². The number of anilines is 1. The number of morpholine rings is 1. The Kier molecular flexibility index (Phi) is 6.10. The number of carbonyl (C=O) groups is 2. The number of carbonyl (C=O) groups excluding carboxylic acids is 2. The van der Waals surface area contributed by atoms with Crippen LogP contribution in [0.25, 0.3) is 0 Å². The molecule has 3 heterocycles. The molecule has 0 N–H and O–H groups in total. The van der Waals surface area contributed by atoms with E-state index in [1.54, 1.807) is 16.2 Å². The summed E-state index contributed by atoms with van der Waals surface area (Å²) in [5, 5.41) is 2.88. The van der Waals surface area contributed by atoms with Crippen LogP contribution < -0.4 is 4.90 Å². The average molecular weight is 415 g/mol. The standard InChI is InChI=1S/C21H26N4O3S/c1-16-22-17(15-29-16)13-20(26)25-11-12-28-19(14-25)21(27)24-9-7-23(8-10-24)18-5-3-2-4-6-18/h2-6,15,19H,7-14H2,1H3/t19-/m1/s1. The monoisotopic (exact) mass is 414 g/mol. The number of rotatable bonds is 4. The third-order valence-electron chi connectivity index (χ3n) is 5.41. The predicted molar refractivity (Wildman–Crippen MR) is 112 cm³/mol. The van der Waals surface area contributed by atoms with Crippen molar-refractivity contribution < 1.29 is 14.3 Å². The molecule has 0 saturated carbocycles. The fourth-order valence-corrected chi connectivity index (χ4v) is 4.42. The molecular weight excluding hydrogens is 388 g/mol. The van der Waals surface area contributed by atoms with E-state index in [2.05, 4.69) is 22.0 Å². The molecule has 0 bridgehead atoms. The van der Waals surface area contributed by atoms with E-state index < -0.39 is 6.10 Å². The van der Waals surface area contributed by atoms with Gasteiger partial charge in [-0.05, 0) is 19.1 Å². The quantitative estimate of drug-likeness (QED) is 0.760. The van der Waals surface area contributed by atoms with Gasteiger partial charge in [0.05, 0.1) is 30.3 Å². The fraction of sp³-hybridized carbons (Fsp3) is 0.476. The van der Waals surface area contributed by atoms with Gasteiger partial charge in [0.25, 0.3) is 5.91 Å². The molecule has 1 aromatic carbocycles. The number of hydrogen-bond acceptors (Lipinski definition) is 6. The van der Waals surface area contributed by atoms with E-state index in [1.165, 1.54) is 5.69 Å². The smallest absolute Gasteiger partial charge is 0.253 e. The molecule has 2 aromatic rings. The minimum atomic E-state index is -0.576. The van der Waals surface area contributed by atoms with Crippen molar-refractivity contribution in [1.82, 2.24) is 14.8 Å². The third-order valence-corrected chi connectivity index (χ3v) is 6.23. The van der Waals surface area contributed by atoms with E-state index in [4.69, 9.17) is 4.74 Å². The summed E-state index contributed by atoms with van der Waals surface area (Å²) in [6, 6.07) is 10.2. The Morgan fingerprint density at radius 1 is 1.10 bits per heavy atom. The van der Waals surface area contributed by atoms with E-state index >= 15 is 0 Å². The number of hydrogen-bond donors (Lipinski definition) is 0. The SMILES string of the molecule is Cc1nc(CC(=O)N2CCO[C@@H](C(=O)N3CCN(c4ccccc4)CC3)C2)cs1. The highest BCUT2D eigenvalue weighted by Gasteiger charge is 2.33. The Hall–Kier alpha value is -2.45. The van der Waals surface area contributed by atoms with Crippen molar-refractivity contribution >= 4 is 28.8 Å². The second kappa shape index (κ2) is 8.92. The summed E-state index contributed by atoms with van der Waals surface area (Å²) >= 11 is 1.54. The van der Waals surface area contributed by atoms with Crippen LogP contribution in [0.2, 0.25) is 0 Å². The molecule has 1 aromatic heterocycles. The van der Waals surface area contributed by atoms with Gasteiger partial charge in [-0.2, -0.15) is 0 Å². The van der Waals surface area contributed by atoms with Gasteiger partial charge in [0.2, 0.25) is 5.91 Å². The Labute approximate surface area is 174 Å². The minimum absolute atomic E-state index is 0.00490. The molecule has 29 heavy (non-hydrogen) atoms. The first kappa shape index (κ1) is 19.8. The van der Waals surface area contributed by atoms with Gasteiger partial charge < -0.3 is 19.4 Å². The molecule has 0 spiro atoms. The van der Waals surface area contributed by atoms with Crippen LogP contribution in [-0.4, -0.2) is 78.6 Å². The molecule has 4 rings (SSSR count). The van der Waals surface area contributed by atoms with Crippen molar-refractivity contribution in [3.63, 3.8) is 0 Å². The molecule has 2 saturated heterocycles. The predicted octanol–water partition coefficient (Wildman–Crippen LogP) is 1.57. The largest absolute Gasteiger partial charge is 0.368 e. The van der Waals surface area contributed by atoms with Crippen molar-refractivity contribution in [1.29, 1.82) is 0 Å². The van der Waals surface area contributed by atoms with Crippen LogP contribution in [-0.2, 0) is 20.7 Å². The highest BCUT2D eigenvalue weighted by molar-refractivity contribution is 7.09. The summed E-state index contributed by atoms with van der Waals surface area (Å²) in [7, 11) is 0. The van der Waals surface area contributed by atoms with Gasteiger partial charge in [-0.15, -0.1) is 11.3 Å². The number of amides is 2. The first-order valence-corrected chi connectivity index (χ1v) is 10.9. The second-order valence-corrected chi connectivity index (χ2v) is 8.44. The summed E-state index contributed by atoms with van der Waals surface area (Å²) in [4.78, 5) is 35.8. The van der Waals surface area contributed by atoms with E-state index in [0.717, 1.165) is 23.8 Å². The number of benzene rings is 1. The molecule has 0 radical (unpaired) electrons. The lowest BCUT2D eigenvalue weighted by molar-refractivity contribution is -0.154. The third kappa shape index (κ3) is 4.76. The molecule has 1 atom stereocenters. The molecule has 2 amide bonds. The summed E-state index contributed by atoms with van der Waals surface area (Å²) in [6.07, 6.45) is -0.297. The topological polar surface area (TPSA) is 66.0 Å². The molecule has 2 fully saturated rings. The molecule has 2 aliphatic rings. The number of ether oxygens (including phenoxy) is 1. The number of para-hydroxylation sites is 1. The average Bonchev–Trinajstić information content (AvgIpc) is 3.18. The zero-order valence-electron chi connectivity index (χ0n) is 16.6. The summed E-state index contributed by atoms with van der Waals surface area (Å²) < 4.78 is 5.73. The van der Waals surface area contributed by atoms with Crippen LogP contribution in [0, 0.1) is 6.92 Å². The van der Waals surface area contributed by atoms with Crippen LogP contribution in [0.3, 0.4) is 0 Å². The first-order valence-electron chi connectivity index (χ1n) is 9.99. The number of aromatic nitrogens is 1. The van der Waals surface area contributed by atoms with E-state index in [0.29, 0.717) is 32.8 Å². The van der Waals surface area contributed by atoms with Gasteiger partial charge in [-0.3, -0.25) is 9.59 Å². The Morgan fingerprint density at radius 2 is 1.86 bits per heavy atom. The highest BCUT2D eigenvalue weighted by atomic mass is 32.1. The normalized spacial score (nSPS) is 20.0. The number of nitrogens with zero attached hydrogens (tertiary/aromatic N) is 4. The number of piperazine rings is 1. The van der Waals surface area contributed by atoms with E-state index in [1.807, 2.05) is 35.4 Å². The van der Waals surface area contributed by atoms with Crippen molar-refractivity contribution in [2.45, 2.75) is 19.4 Å². The number of aryl methyl sites for hydroxylation is 1. The van der Waals surface area contributed by atoms with E-state index in [9.17, 15) is 9.59 Å². The van der Waals surface area contributed by atoms with Crippen LogP contribution >= 0.6 is 11.3 Å². The molecule has 0 aliphatic carbocycles. The lowest BCUT2D eigenvalue weighted by atomic mass is 10.2. The van der Waals surface area contributed by atoms with Gasteiger partial charge in [0, 0.05) is 43.8 Å². The van der Waals surface area contributed by atoms with Crippen LogP contribution in [0.15, 0.2) is 35.7 Å². The van der Waals surface area contributed by atoms with Gasteiger partial charge in [0.15, 0.2) is 6.10 Å². The Morgan fingerprint density at radius 3 is 2.55 bits per heavy atom. The molecule has 2 aliphatic heterocycles. The maximum absolute atomic E-state index is 13.0. The molecular formula is C21H26N4O3S. The molecule has 154 valence electrons. The summed E-state index contributed by atoms with van der Waals surface area (Å²) in [6.45, 7) is 6.09. The molecule has 8 heteroatoms. The lowest BCUT2D eigenvalue weighted by Crippen LogP contribution is -2.56. The summed E-state index contributed by atoms with van der Waals surface area (Å²) in [5.41, 5.74) is 1.98. The first-order chi connectivity index (χ1) is 14.1. The molecule has 0 unspecified atom stereocenters. The fourth-order valence-electron chi connectivity index (χ4n) is 3.81. The second-order valence-electron chi connectivity index (χ2n) is 7.38. The van der Waals surface area contributed by atoms with Crippen molar-refractivity contribution in [3.05, 3.63) is 46.4 Å². The maximum Gasteiger partial charge on any atom is 0.253 e. The van der Waals surface area contributed by atoms with Crippen molar-refractivity contribution in [2.24, 2.45) is 0 Å². The Bertz CT molecular complexity index is 849. The maximum atomic E-state index is 13.0. The van der Waals surface area contributed by atoms with Crippen molar-refractivity contribution in [3.8, 4) is 0 Å². The Balaban J connectivity index is 1.30. The van der Waals surface area contributed by atoms with Gasteiger partial charge in [-0.1, -0.05) is 18.2 Å². The lowest BCUT2D eigenvalue weighted by Gasteiger charge is -2.39. The van der Waals surface area contributed by atoms with Crippen LogP contribution in [0.4, 0.5) is 5.69 Å². The van der Waals surface area contributed by atoms with Gasteiger partial charge in [-0.25, -0.2) is 4.98 Å². The van der Waals surface area contributed by atoms with Crippen molar-refractivity contribution in [2.75, 3.05) is 50.8 Å².